The van der Waals surface area contributed by atoms with E-state index in [1.165, 1.54) is 0 Å². The second-order valence-electron chi connectivity index (χ2n) is 1.28. The summed E-state index contributed by atoms with van der Waals surface area (Å²) in [6.45, 7) is 0. The molecule has 0 radical (unpaired) electrons. The molecule has 0 bridgehead atoms. The molecule has 0 heterocycles. The summed E-state index contributed by atoms with van der Waals surface area (Å²) in [6.07, 6.45) is 0. The van der Waals surface area contributed by atoms with Crippen LogP contribution in [0.4, 0.5) is 0 Å². The van der Waals surface area contributed by atoms with E-state index in [2.05, 4.69) is 19.7 Å². The Morgan fingerprint density at radius 2 is 2.07 bits per heavy atom. The van der Waals surface area contributed by atoms with Crippen LogP contribution in [-0.2, 0) is 21.0 Å². The molecule has 0 aliphatic carbocycles. The predicted octanol–water partition coefficient (Wildman–Crippen LogP) is -5.40. The van der Waals surface area contributed by atoms with Gasteiger partial charge >= 0.3 is 104 Å². The maximum atomic E-state index is 5.04. The third-order valence-corrected chi connectivity index (χ3v) is 2.93. The van der Waals surface area contributed by atoms with Gasteiger partial charge in [0.1, 0.15) is 0 Å². The van der Waals surface area contributed by atoms with Crippen molar-refractivity contribution in [3.63, 3.8) is 0 Å². The van der Waals surface area contributed by atoms with E-state index < -0.39 is 21.6 Å². The Labute approximate surface area is 104 Å². The van der Waals surface area contributed by atoms with Crippen molar-refractivity contribution in [1.29, 1.82) is 0 Å². The molecular formula is CH9I2N6O5-. The second-order valence-corrected chi connectivity index (χ2v) is 5.09. The van der Waals surface area contributed by atoms with Gasteiger partial charge < -0.3 is 0 Å². The third-order valence-electron chi connectivity index (χ3n) is 0.554. The summed E-state index contributed by atoms with van der Waals surface area (Å²) in [6, 6.07) is 0. The van der Waals surface area contributed by atoms with Gasteiger partial charge in [0.05, 0.1) is 0 Å². The summed E-state index contributed by atoms with van der Waals surface area (Å²) in [4.78, 5) is 17.5. The molecule has 0 aromatic rings. The molecule has 14 heavy (non-hydrogen) atoms. The van der Waals surface area contributed by atoms with Crippen LogP contribution in [0, 0.1) is 0 Å². The van der Waals surface area contributed by atoms with E-state index >= 15 is 0 Å². The number of hydrazine groups is 2. The van der Waals surface area contributed by atoms with E-state index in [9.17, 15) is 0 Å². The van der Waals surface area contributed by atoms with Crippen LogP contribution in [0.5, 0.6) is 0 Å². The van der Waals surface area contributed by atoms with Crippen molar-refractivity contribution >= 4 is 23.0 Å². The Balaban J connectivity index is 3.06. The molecule has 88 valence electrons. The summed E-state index contributed by atoms with van der Waals surface area (Å²) in [5, 5.41) is 0.389. The first-order chi connectivity index (χ1) is 6.81. The van der Waals surface area contributed by atoms with Gasteiger partial charge in [-0.1, -0.05) is 0 Å². The zero-order chi connectivity index (χ0) is 10.6. The molecule has 0 unspecified atom stereocenters. The minimum absolute atomic E-state index is 0.379. The molecule has 0 aliphatic heterocycles. The van der Waals surface area contributed by atoms with Crippen LogP contribution in [0.2, 0.25) is 0 Å². The number of rotatable bonds is 10. The number of nitrogens with zero attached hydrogens (tertiary/aromatic N) is 1. The zero-order valence-corrected chi connectivity index (χ0v) is 10.9. The van der Waals surface area contributed by atoms with E-state index in [0.717, 1.165) is 0 Å². The molecule has 0 amide bonds. The van der Waals surface area contributed by atoms with Crippen molar-refractivity contribution in [3.8, 4) is 0 Å². The summed E-state index contributed by atoms with van der Waals surface area (Å²) in [5.41, 5.74) is 5.60. The molecule has 0 fully saturated rings. The fourth-order valence-electron chi connectivity index (χ4n) is 0.223. The van der Waals surface area contributed by atoms with Gasteiger partial charge in [0.2, 0.25) is 0 Å². The first kappa shape index (κ1) is 15.0. The summed E-state index contributed by atoms with van der Waals surface area (Å²) < 4.78 is 5.14. The molecule has 11 nitrogen and oxygen atoms in total. The van der Waals surface area contributed by atoms with Gasteiger partial charge in [0, 0.05) is 0 Å². The number of hydrogen-bond donors (Lipinski definition) is 5. The number of alkyl halides is 1. The molecule has 0 atom stereocenters. The van der Waals surface area contributed by atoms with Gasteiger partial charge in [-0.25, -0.2) is 0 Å². The Kier molecular flexibility index (Phi) is 13.0. The molecule has 13 heteroatoms. The third kappa shape index (κ3) is 11.1. The number of hydrogen-bond acceptors (Lipinski definition) is 11. The van der Waals surface area contributed by atoms with Gasteiger partial charge in [0.25, 0.3) is 0 Å². The SMILES string of the molecule is NNONON(N)ONOC[I-]OI. The quantitative estimate of drug-likeness (QED) is 0.0734. The van der Waals surface area contributed by atoms with E-state index in [4.69, 9.17) is 13.1 Å². The molecular weight excluding hydrogens is 430 g/mol. The van der Waals surface area contributed by atoms with Crippen molar-refractivity contribution in [3.05, 3.63) is 0 Å². The van der Waals surface area contributed by atoms with Crippen molar-refractivity contribution in [1.82, 2.24) is 22.2 Å². The van der Waals surface area contributed by atoms with Crippen molar-refractivity contribution < 1.29 is 42.7 Å². The summed E-state index contributed by atoms with van der Waals surface area (Å²) in [5.74, 6) is 9.74. The number of halogens is 2. The second kappa shape index (κ2) is 12.1. The van der Waals surface area contributed by atoms with Crippen LogP contribution >= 0.6 is 23.0 Å². The Morgan fingerprint density at radius 1 is 1.36 bits per heavy atom. The van der Waals surface area contributed by atoms with Gasteiger partial charge in [-0.3, -0.25) is 0 Å². The molecule has 0 aliphatic rings. The predicted molar refractivity (Wildman–Crippen MR) is 43.9 cm³/mol. The van der Waals surface area contributed by atoms with Gasteiger partial charge in [0.15, 0.2) is 0 Å². The average Bonchev–Trinajstić information content (AvgIpc) is 2.18. The molecule has 0 aromatic heterocycles. The Hall–Kier alpha value is 1.02. The minimum atomic E-state index is -0.464. The molecule has 0 aromatic carbocycles. The van der Waals surface area contributed by atoms with Crippen LogP contribution < -0.4 is 50.2 Å². The summed E-state index contributed by atoms with van der Waals surface area (Å²) >= 11 is 1.31. The number of nitrogens with one attached hydrogen (secondary N) is 3. The normalized spacial score (nSPS) is 11.4. The average molecular weight is 439 g/mol. The van der Waals surface area contributed by atoms with Crippen molar-refractivity contribution in [2.24, 2.45) is 11.7 Å². The standard InChI is InChI=1S/CH9I2N6O5/c2-11-3-1-10-7-13-9(5)14-8-12-6-4/h6-8H,1,4-5H2/q-1. The van der Waals surface area contributed by atoms with E-state index in [0.29, 0.717) is 9.95 Å². The van der Waals surface area contributed by atoms with Crippen LogP contribution in [0.15, 0.2) is 0 Å². The summed E-state index contributed by atoms with van der Waals surface area (Å²) in [7, 11) is 0. The van der Waals surface area contributed by atoms with E-state index in [1.54, 1.807) is 28.6 Å². The van der Waals surface area contributed by atoms with E-state index in [1.807, 2.05) is 11.3 Å². The topological polar surface area (TPSA) is 138 Å². The monoisotopic (exact) mass is 439 g/mol. The molecule has 7 N–H and O–H groups in total. The maximum absolute atomic E-state index is 5.04. The molecule has 0 saturated carbocycles. The number of nitrogens with two attached hydrogens (primary N) is 2. The fourth-order valence-corrected chi connectivity index (χ4v) is 1.22. The van der Waals surface area contributed by atoms with Crippen molar-refractivity contribution in [2.75, 3.05) is 4.61 Å². The Morgan fingerprint density at radius 3 is 2.71 bits per heavy atom. The van der Waals surface area contributed by atoms with Crippen LogP contribution in [0.25, 0.3) is 0 Å². The van der Waals surface area contributed by atoms with Gasteiger partial charge in [-0.05, 0) is 0 Å². The molecule has 0 spiro atoms. The Bertz CT molecular complexity index is 120. The van der Waals surface area contributed by atoms with Crippen molar-refractivity contribution in [2.45, 2.75) is 0 Å². The van der Waals surface area contributed by atoms with Crippen LogP contribution in [-0.4, -0.2) is 9.95 Å². The molecule has 0 rings (SSSR count). The first-order valence-corrected chi connectivity index (χ1v) is 6.08. The van der Waals surface area contributed by atoms with Crippen LogP contribution in [0.1, 0.15) is 0 Å². The molecule has 0 saturated heterocycles. The fraction of sp³-hybridized carbons (Fsp3) is 1.00. The zero-order valence-electron chi connectivity index (χ0n) is 6.61. The van der Waals surface area contributed by atoms with Gasteiger partial charge in [-0.15, -0.1) is 0 Å². The first-order valence-electron chi connectivity index (χ1n) is 2.80. The van der Waals surface area contributed by atoms with Crippen LogP contribution in [0.3, 0.4) is 0 Å². The van der Waals surface area contributed by atoms with Gasteiger partial charge in [-0.2, -0.15) is 0 Å². The van der Waals surface area contributed by atoms with E-state index in [-0.39, 0.29) is 0 Å².